The van der Waals surface area contributed by atoms with E-state index in [1.807, 2.05) is 13.0 Å². The van der Waals surface area contributed by atoms with Crippen LogP contribution in [0.3, 0.4) is 0 Å². The summed E-state index contributed by atoms with van der Waals surface area (Å²) in [5.41, 5.74) is 1.03. The van der Waals surface area contributed by atoms with Crippen LogP contribution in [0.4, 0.5) is 21.5 Å². The predicted molar refractivity (Wildman–Crippen MR) is 156 cm³/mol. The second-order valence-electron chi connectivity index (χ2n) is 9.93. The Labute approximate surface area is 241 Å². The summed E-state index contributed by atoms with van der Waals surface area (Å²) in [4.78, 5) is 45.9. The molecule has 41 heavy (non-hydrogen) atoms. The van der Waals surface area contributed by atoms with E-state index in [1.54, 1.807) is 53.6 Å². The van der Waals surface area contributed by atoms with Crippen molar-refractivity contribution in [1.82, 2.24) is 14.8 Å². The third-order valence-electron chi connectivity index (χ3n) is 6.99. The van der Waals surface area contributed by atoms with Crippen molar-refractivity contribution in [2.75, 3.05) is 36.9 Å². The molecule has 3 aromatic carbocycles. The molecule has 4 aromatic rings. The first-order chi connectivity index (χ1) is 19.8. The third-order valence-corrected chi connectivity index (χ3v) is 7.22. The molecule has 11 heteroatoms. The van der Waals surface area contributed by atoms with Gasteiger partial charge in [-0.25, -0.2) is 4.39 Å². The molecule has 9 nitrogen and oxygen atoms in total. The Morgan fingerprint density at radius 1 is 1.07 bits per heavy atom. The van der Waals surface area contributed by atoms with Crippen LogP contribution in [-0.2, 0) is 17.9 Å². The van der Waals surface area contributed by atoms with Crippen molar-refractivity contribution >= 4 is 34.6 Å². The zero-order valence-corrected chi connectivity index (χ0v) is 23.2. The fraction of sp³-hybridized carbons (Fsp3) is 0.267. The predicted octanol–water partition coefficient (Wildman–Crippen LogP) is 3.94. The fourth-order valence-corrected chi connectivity index (χ4v) is 5.01. The molecule has 1 aliphatic rings. The molecule has 2 N–H and O–H groups in total. The largest absolute Gasteiger partial charge is 0.482 e. The van der Waals surface area contributed by atoms with Gasteiger partial charge in [-0.1, -0.05) is 29.8 Å². The average Bonchev–Trinajstić information content (AvgIpc) is 2.97. The average molecular weight is 578 g/mol. The summed E-state index contributed by atoms with van der Waals surface area (Å²) in [5, 5.41) is 6.32. The lowest BCUT2D eigenvalue weighted by atomic mass is 10.1. The maximum Gasteiger partial charge on any atom is 0.260 e. The number of nitrogens with zero attached hydrogens (tertiary/aromatic N) is 3. The van der Waals surface area contributed by atoms with E-state index in [0.29, 0.717) is 48.3 Å². The summed E-state index contributed by atoms with van der Waals surface area (Å²) in [7, 11) is 0. The molecule has 1 saturated heterocycles. The van der Waals surface area contributed by atoms with Gasteiger partial charge < -0.3 is 20.3 Å². The number of carbonyl (C=O) groups excluding carboxylic acids is 1. The molecular formula is C30H29ClFN5O4. The van der Waals surface area contributed by atoms with E-state index in [9.17, 15) is 18.8 Å². The highest BCUT2D eigenvalue weighted by molar-refractivity contribution is 6.31. The molecule has 212 valence electrons. The van der Waals surface area contributed by atoms with Crippen LogP contribution in [0, 0.1) is 5.82 Å². The number of rotatable bonds is 10. The van der Waals surface area contributed by atoms with Crippen LogP contribution in [-0.4, -0.2) is 53.0 Å². The van der Waals surface area contributed by atoms with Gasteiger partial charge in [0.15, 0.2) is 6.61 Å². The third kappa shape index (κ3) is 6.72. The molecular weight excluding hydrogens is 549 g/mol. The maximum absolute atomic E-state index is 13.2. The first kappa shape index (κ1) is 28.3. The standard InChI is InChI=1S/C30H29ClFN5O4/c1-19-16-36(17-20-5-8-22(32)9-6-20)12-13-37(19)26(38)18-41-25-10-7-21(31)14-24(25)35-28-27(29(39)30(28)40)34-15-23-4-2-3-11-33-23/h2-11,14,19,34-35H,12-13,15-18H2,1H3/t19-/m1/s1. The number of amides is 1. The van der Waals surface area contributed by atoms with Crippen LogP contribution in [0.2, 0.25) is 5.02 Å². The van der Waals surface area contributed by atoms with Crippen LogP contribution in [0.25, 0.3) is 0 Å². The van der Waals surface area contributed by atoms with Crippen molar-refractivity contribution in [2.24, 2.45) is 0 Å². The molecule has 1 fully saturated rings. The Kier molecular flexibility index (Phi) is 8.61. The number of piperazine rings is 1. The van der Waals surface area contributed by atoms with Gasteiger partial charge in [-0.2, -0.15) is 0 Å². The molecule has 0 spiro atoms. The zero-order valence-electron chi connectivity index (χ0n) is 22.4. The van der Waals surface area contributed by atoms with Gasteiger partial charge in [0, 0.05) is 43.4 Å². The Morgan fingerprint density at radius 2 is 1.85 bits per heavy atom. The summed E-state index contributed by atoms with van der Waals surface area (Å²) >= 11 is 6.20. The number of halogens is 2. The number of ether oxygens (including phenoxy) is 1. The van der Waals surface area contributed by atoms with Crippen molar-refractivity contribution in [1.29, 1.82) is 0 Å². The molecule has 1 aliphatic heterocycles. The van der Waals surface area contributed by atoms with Crippen LogP contribution < -0.4 is 26.2 Å². The lowest BCUT2D eigenvalue weighted by Gasteiger charge is -2.39. The summed E-state index contributed by atoms with van der Waals surface area (Å²) < 4.78 is 19.1. The Balaban J connectivity index is 1.20. The summed E-state index contributed by atoms with van der Waals surface area (Å²) in [6.07, 6.45) is 1.64. The highest BCUT2D eigenvalue weighted by atomic mass is 35.5. The highest BCUT2D eigenvalue weighted by Crippen LogP contribution is 2.32. The van der Waals surface area contributed by atoms with Gasteiger partial charge in [-0.15, -0.1) is 0 Å². The van der Waals surface area contributed by atoms with Crippen molar-refractivity contribution < 1.29 is 13.9 Å². The number of carbonyl (C=O) groups is 1. The number of anilines is 3. The maximum atomic E-state index is 13.2. The van der Waals surface area contributed by atoms with E-state index in [0.717, 1.165) is 5.56 Å². The topological polar surface area (TPSA) is 104 Å². The number of hydrogen-bond donors (Lipinski definition) is 2. The van der Waals surface area contributed by atoms with Crippen molar-refractivity contribution in [3.05, 3.63) is 109 Å². The normalized spacial score (nSPS) is 15.6. The van der Waals surface area contributed by atoms with Crippen LogP contribution in [0.5, 0.6) is 5.75 Å². The minimum Gasteiger partial charge on any atom is -0.482 e. The van der Waals surface area contributed by atoms with E-state index >= 15 is 0 Å². The lowest BCUT2D eigenvalue weighted by Crippen LogP contribution is -2.54. The fourth-order valence-electron chi connectivity index (χ4n) is 4.84. The van der Waals surface area contributed by atoms with Gasteiger partial charge in [0.25, 0.3) is 16.8 Å². The second kappa shape index (κ2) is 12.5. The molecule has 1 atom stereocenters. The van der Waals surface area contributed by atoms with E-state index in [4.69, 9.17) is 16.3 Å². The molecule has 0 radical (unpaired) electrons. The smallest absolute Gasteiger partial charge is 0.260 e. The van der Waals surface area contributed by atoms with Crippen LogP contribution in [0.15, 0.2) is 76.4 Å². The van der Waals surface area contributed by atoms with Crippen LogP contribution >= 0.6 is 11.6 Å². The molecule has 1 amide bonds. The Hall–Kier alpha value is -4.28. The lowest BCUT2D eigenvalue weighted by molar-refractivity contribution is -0.137. The van der Waals surface area contributed by atoms with Gasteiger partial charge in [0.1, 0.15) is 22.9 Å². The van der Waals surface area contributed by atoms with E-state index < -0.39 is 10.9 Å². The van der Waals surface area contributed by atoms with Gasteiger partial charge in [-0.3, -0.25) is 24.3 Å². The Morgan fingerprint density at radius 3 is 2.59 bits per heavy atom. The summed E-state index contributed by atoms with van der Waals surface area (Å²) in [6, 6.07) is 16.6. The highest BCUT2D eigenvalue weighted by Gasteiger charge is 2.28. The number of hydrogen-bond acceptors (Lipinski definition) is 8. The van der Waals surface area contributed by atoms with E-state index in [-0.39, 0.29) is 42.3 Å². The SMILES string of the molecule is C[C@@H]1CN(Cc2ccc(F)cc2)CCN1C(=O)COc1ccc(Cl)cc1Nc1c(NCc2ccccn2)c(=O)c1=O. The number of pyridine rings is 1. The van der Waals surface area contributed by atoms with E-state index in [1.165, 1.54) is 12.1 Å². The first-order valence-electron chi connectivity index (χ1n) is 13.2. The molecule has 0 saturated carbocycles. The number of benzene rings is 2. The van der Waals surface area contributed by atoms with Gasteiger partial charge in [0.2, 0.25) is 0 Å². The van der Waals surface area contributed by atoms with Crippen molar-refractivity contribution in [3.63, 3.8) is 0 Å². The molecule has 0 bridgehead atoms. The quantitative estimate of drug-likeness (QED) is 0.273. The van der Waals surface area contributed by atoms with Crippen molar-refractivity contribution in [3.8, 4) is 5.75 Å². The van der Waals surface area contributed by atoms with E-state index in [2.05, 4.69) is 20.5 Å². The van der Waals surface area contributed by atoms with Gasteiger partial charge in [-0.05, 0) is 55.0 Å². The van der Waals surface area contributed by atoms with Gasteiger partial charge >= 0.3 is 0 Å². The molecule has 2 heterocycles. The summed E-state index contributed by atoms with van der Waals surface area (Å²) in [6.45, 7) is 4.60. The monoisotopic (exact) mass is 577 g/mol. The zero-order chi connectivity index (χ0) is 28.9. The molecule has 5 rings (SSSR count). The molecule has 0 unspecified atom stereocenters. The minimum atomic E-state index is -0.664. The first-order valence-corrected chi connectivity index (χ1v) is 13.6. The van der Waals surface area contributed by atoms with Crippen molar-refractivity contribution in [2.45, 2.75) is 26.1 Å². The second-order valence-corrected chi connectivity index (χ2v) is 10.4. The van der Waals surface area contributed by atoms with Gasteiger partial charge in [0.05, 0.1) is 17.9 Å². The number of nitrogens with one attached hydrogen (secondary N) is 2. The number of aromatic nitrogens is 1. The molecule has 0 aliphatic carbocycles. The Bertz CT molecular complexity index is 1590. The minimum absolute atomic E-state index is 0.0420. The summed E-state index contributed by atoms with van der Waals surface area (Å²) in [5.74, 6) is -0.125. The molecule has 1 aromatic heterocycles. The van der Waals surface area contributed by atoms with Crippen LogP contribution in [0.1, 0.15) is 18.2 Å².